The molecule has 43 heavy (non-hydrogen) atoms. The number of Topliss-reactive ketones (excluding diaryl/α,β-unsaturated/α-hetero) is 1. The molecule has 0 bridgehead atoms. The normalized spacial score (nSPS) is 16.8. The lowest BCUT2D eigenvalue weighted by Crippen LogP contribution is -2.58. The van der Waals surface area contributed by atoms with Crippen LogP contribution in [0.25, 0.3) is 0 Å². The molecule has 5 amide bonds. The highest BCUT2D eigenvalue weighted by Gasteiger charge is 2.42. The number of fused-ring (bicyclic) bond motifs is 1. The zero-order valence-electron chi connectivity index (χ0n) is 25.5. The van der Waals surface area contributed by atoms with Gasteiger partial charge in [0.15, 0.2) is 0 Å². The van der Waals surface area contributed by atoms with E-state index in [0.29, 0.717) is 38.6 Å². The van der Waals surface area contributed by atoms with E-state index in [1.807, 2.05) is 24.3 Å². The van der Waals surface area contributed by atoms with E-state index in [2.05, 4.69) is 54.9 Å². The number of ketones is 1. The Morgan fingerprint density at radius 2 is 1.53 bits per heavy atom. The molecule has 1 aromatic rings. The summed E-state index contributed by atoms with van der Waals surface area (Å²) in [7, 11) is 0. The SMILES string of the molecule is C=CCCC(NC(=O)[C@@H]1CCCN1C(=O)[C@@H](NC(=O)NCC=C)C1Cc2ccccc2C1)C(=O)C(=O)NCC=C.CCC. The summed E-state index contributed by atoms with van der Waals surface area (Å²) in [4.78, 5) is 66.6. The van der Waals surface area contributed by atoms with Crippen LogP contribution in [0.15, 0.2) is 62.2 Å². The maximum absolute atomic E-state index is 14.0. The third-order valence-electron chi connectivity index (χ3n) is 7.28. The first-order valence-electron chi connectivity index (χ1n) is 15.1. The fraction of sp³-hybridized carbons (Fsp3) is 0.485. The first-order chi connectivity index (χ1) is 20.7. The highest BCUT2D eigenvalue weighted by atomic mass is 16.2. The number of allylic oxidation sites excluding steroid dienone is 1. The van der Waals surface area contributed by atoms with Crippen LogP contribution in [-0.2, 0) is 32.0 Å². The van der Waals surface area contributed by atoms with Gasteiger partial charge in [0.05, 0.1) is 6.04 Å². The average Bonchev–Trinajstić information content (AvgIpc) is 3.67. The van der Waals surface area contributed by atoms with Crippen molar-refractivity contribution in [3.8, 4) is 0 Å². The number of rotatable bonds is 14. The number of carbonyl (C=O) groups is 5. The highest BCUT2D eigenvalue weighted by Crippen LogP contribution is 2.31. The number of urea groups is 1. The molecule has 234 valence electrons. The van der Waals surface area contributed by atoms with Crippen LogP contribution in [0, 0.1) is 5.92 Å². The molecule has 1 aliphatic heterocycles. The summed E-state index contributed by atoms with van der Waals surface area (Å²) >= 11 is 0. The quantitative estimate of drug-likeness (QED) is 0.194. The van der Waals surface area contributed by atoms with E-state index in [0.717, 1.165) is 11.1 Å². The van der Waals surface area contributed by atoms with Crippen molar-refractivity contribution in [1.82, 2.24) is 26.2 Å². The van der Waals surface area contributed by atoms with Gasteiger partial charge in [-0.1, -0.05) is 62.8 Å². The minimum atomic E-state index is -1.06. The lowest BCUT2D eigenvalue weighted by Gasteiger charge is -2.32. The maximum atomic E-state index is 14.0. The van der Waals surface area contributed by atoms with Crippen LogP contribution in [-0.4, -0.2) is 72.2 Å². The monoisotopic (exact) mass is 593 g/mol. The predicted octanol–water partition coefficient (Wildman–Crippen LogP) is 2.98. The molecule has 1 fully saturated rings. The summed E-state index contributed by atoms with van der Waals surface area (Å²) in [5.74, 6) is -2.62. The van der Waals surface area contributed by atoms with Crippen LogP contribution >= 0.6 is 0 Å². The van der Waals surface area contributed by atoms with Gasteiger partial charge < -0.3 is 26.2 Å². The standard InChI is InChI=1S/C30H39N5O5.C3H8/c1-4-7-13-23(26(36)28(38)31-15-5-2)33-27(37)24-14-10-17-35(24)29(39)25(34-30(40)32-16-6-3)22-18-20-11-8-9-12-21(20)19-22;1-3-2/h4-6,8-9,11-12,22-25H,1-3,7,10,13-19H2,(H,31,38)(H,33,37)(H2,32,34,40);3H2,1-2H3/t23?,24-,25-;/m0./s1. The van der Waals surface area contributed by atoms with Gasteiger partial charge in [-0.25, -0.2) is 4.79 Å². The van der Waals surface area contributed by atoms with E-state index in [4.69, 9.17) is 0 Å². The molecule has 1 heterocycles. The van der Waals surface area contributed by atoms with Crippen LogP contribution < -0.4 is 21.3 Å². The lowest BCUT2D eigenvalue weighted by atomic mass is 9.95. The molecule has 0 aromatic heterocycles. The number of likely N-dealkylation sites (tertiary alicyclic amines) is 1. The van der Waals surface area contributed by atoms with Gasteiger partial charge in [0.1, 0.15) is 12.1 Å². The number of hydrogen-bond donors (Lipinski definition) is 4. The van der Waals surface area contributed by atoms with Crippen molar-refractivity contribution in [3.05, 3.63) is 73.4 Å². The maximum Gasteiger partial charge on any atom is 0.315 e. The summed E-state index contributed by atoms with van der Waals surface area (Å²) < 4.78 is 0. The topological polar surface area (TPSA) is 137 Å². The third-order valence-corrected chi connectivity index (χ3v) is 7.28. The Labute approximate surface area is 255 Å². The molecular weight excluding hydrogens is 546 g/mol. The molecule has 4 N–H and O–H groups in total. The molecule has 0 spiro atoms. The van der Waals surface area contributed by atoms with Crippen LogP contribution in [0.3, 0.4) is 0 Å². The third kappa shape index (κ3) is 10.2. The first-order valence-corrected chi connectivity index (χ1v) is 15.1. The summed E-state index contributed by atoms with van der Waals surface area (Å²) in [6, 6.07) is 4.71. The molecule has 1 saturated heterocycles. The molecule has 3 rings (SSSR count). The van der Waals surface area contributed by atoms with Crippen molar-refractivity contribution in [2.24, 2.45) is 5.92 Å². The Bertz CT molecular complexity index is 1140. The molecule has 0 saturated carbocycles. The van der Waals surface area contributed by atoms with Gasteiger partial charge in [-0.3, -0.25) is 19.2 Å². The Morgan fingerprint density at radius 3 is 2.12 bits per heavy atom. The molecule has 1 unspecified atom stereocenters. The Hall–Kier alpha value is -4.21. The second-order valence-corrected chi connectivity index (χ2v) is 10.7. The summed E-state index contributed by atoms with van der Waals surface area (Å²) in [5, 5.41) is 10.6. The first kappa shape index (κ1) is 35.0. The van der Waals surface area contributed by atoms with E-state index >= 15 is 0 Å². The van der Waals surface area contributed by atoms with Gasteiger partial charge in [0, 0.05) is 19.6 Å². The molecule has 10 heteroatoms. The van der Waals surface area contributed by atoms with Gasteiger partial charge in [-0.2, -0.15) is 0 Å². The van der Waals surface area contributed by atoms with Gasteiger partial charge in [0.25, 0.3) is 5.91 Å². The largest absolute Gasteiger partial charge is 0.346 e. The van der Waals surface area contributed by atoms with Crippen LogP contribution in [0.4, 0.5) is 4.79 Å². The number of hydrogen-bond acceptors (Lipinski definition) is 5. The Morgan fingerprint density at radius 1 is 0.930 bits per heavy atom. The molecule has 1 aromatic carbocycles. The van der Waals surface area contributed by atoms with Gasteiger partial charge >= 0.3 is 6.03 Å². The molecule has 0 radical (unpaired) electrons. The van der Waals surface area contributed by atoms with Crippen LogP contribution in [0.2, 0.25) is 0 Å². The second kappa shape index (κ2) is 18.4. The van der Waals surface area contributed by atoms with Gasteiger partial charge in [0.2, 0.25) is 17.6 Å². The van der Waals surface area contributed by atoms with Crippen LogP contribution in [0.5, 0.6) is 0 Å². The predicted molar refractivity (Wildman–Crippen MR) is 168 cm³/mol. The van der Waals surface area contributed by atoms with E-state index in [1.54, 1.807) is 12.2 Å². The summed E-state index contributed by atoms with van der Waals surface area (Å²) in [6.07, 6.45) is 8.70. The van der Waals surface area contributed by atoms with E-state index in [-0.39, 0.29) is 31.3 Å². The number of carbonyl (C=O) groups excluding carboxylic acids is 5. The van der Waals surface area contributed by atoms with Crippen molar-refractivity contribution in [2.75, 3.05) is 19.6 Å². The van der Waals surface area contributed by atoms with Gasteiger partial charge in [-0.15, -0.1) is 19.7 Å². The number of nitrogens with one attached hydrogen (secondary N) is 4. The number of benzene rings is 1. The Kier molecular flexibility index (Phi) is 14.9. The summed E-state index contributed by atoms with van der Waals surface area (Å²) in [6.45, 7) is 15.7. The smallest absolute Gasteiger partial charge is 0.315 e. The van der Waals surface area contributed by atoms with Crippen LogP contribution in [0.1, 0.15) is 57.1 Å². The number of nitrogens with zero attached hydrogens (tertiary/aromatic N) is 1. The average molecular weight is 594 g/mol. The zero-order valence-corrected chi connectivity index (χ0v) is 25.5. The van der Waals surface area contributed by atoms with Crippen molar-refractivity contribution in [3.63, 3.8) is 0 Å². The van der Waals surface area contributed by atoms with E-state index in [1.165, 1.54) is 17.4 Å². The van der Waals surface area contributed by atoms with E-state index < -0.39 is 41.8 Å². The molecule has 1 aliphatic carbocycles. The second-order valence-electron chi connectivity index (χ2n) is 10.7. The minimum Gasteiger partial charge on any atom is -0.346 e. The summed E-state index contributed by atoms with van der Waals surface area (Å²) in [5.41, 5.74) is 2.26. The van der Waals surface area contributed by atoms with Crippen molar-refractivity contribution in [1.29, 1.82) is 0 Å². The lowest BCUT2D eigenvalue weighted by molar-refractivity contribution is -0.143. The molecule has 2 aliphatic rings. The van der Waals surface area contributed by atoms with E-state index in [9.17, 15) is 24.0 Å². The zero-order chi connectivity index (χ0) is 31.8. The van der Waals surface area contributed by atoms with Crippen molar-refractivity contribution >= 4 is 29.5 Å². The molecule has 3 atom stereocenters. The Balaban J connectivity index is 0.00000206. The van der Waals surface area contributed by atoms with Crippen molar-refractivity contribution < 1.29 is 24.0 Å². The molecular formula is C33H47N5O5. The number of amides is 5. The highest BCUT2D eigenvalue weighted by molar-refractivity contribution is 6.38. The molecule has 10 nitrogen and oxygen atoms in total. The fourth-order valence-electron chi connectivity index (χ4n) is 5.28. The van der Waals surface area contributed by atoms with Crippen molar-refractivity contribution in [2.45, 2.75) is 76.9 Å². The fourth-order valence-corrected chi connectivity index (χ4v) is 5.28. The minimum absolute atomic E-state index is 0.122. The van der Waals surface area contributed by atoms with Gasteiger partial charge in [-0.05, 0) is 55.6 Å².